The molecule has 4 heteroatoms. The van der Waals surface area contributed by atoms with Crippen molar-refractivity contribution in [2.45, 2.75) is 6.61 Å². The lowest BCUT2D eigenvalue weighted by Crippen LogP contribution is -1.98. The van der Waals surface area contributed by atoms with Gasteiger partial charge in [0.1, 0.15) is 12.4 Å². The maximum Gasteiger partial charge on any atom is 0.227 e. The molecule has 0 bridgehead atoms. The van der Waals surface area contributed by atoms with Crippen molar-refractivity contribution in [3.05, 3.63) is 78.6 Å². The van der Waals surface area contributed by atoms with Crippen LogP contribution in [0.5, 0.6) is 5.75 Å². The third-order valence-corrected chi connectivity index (χ3v) is 2.90. The Balaban J connectivity index is 1.66. The van der Waals surface area contributed by atoms with E-state index in [-0.39, 0.29) is 0 Å². The molecule has 0 radical (unpaired) electrons. The molecule has 104 valence electrons. The fraction of sp³-hybridized carbons (Fsp3) is 0.0588. The zero-order valence-corrected chi connectivity index (χ0v) is 11.4. The molecule has 0 fully saturated rings. The zero-order chi connectivity index (χ0) is 14.3. The summed E-state index contributed by atoms with van der Waals surface area (Å²) < 4.78 is 5.79. The first kappa shape index (κ1) is 13.1. The van der Waals surface area contributed by atoms with Crippen molar-refractivity contribution >= 4 is 11.6 Å². The van der Waals surface area contributed by atoms with Crippen molar-refractivity contribution < 1.29 is 4.74 Å². The highest BCUT2D eigenvalue weighted by atomic mass is 16.5. The highest BCUT2D eigenvalue weighted by Gasteiger charge is 2.00. The molecule has 0 amide bonds. The van der Waals surface area contributed by atoms with E-state index in [1.165, 1.54) is 0 Å². The van der Waals surface area contributed by atoms with Gasteiger partial charge in [-0.1, -0.05) is 36.4 Å². The molecule has 0 aliphatic heterocycles. The van der Waals surface area contributed by atoms with Gasteiger partial charge in [0.15, 0.2) is 0 Å². The summed E-state index contributed by atoms with van der Waals surface area (Å²) in [7, 11) is 0. The lowest BCUT2D eigenvalue weighted by Gasteiger charge is -2.09. The van der Waals surface area contributed by atoms with Crippen LogP contribution in [0.1, 0.15) is 5.56 Å². The number of ether oxygens (including phenoxy) is 1. The lowest BCUT2D eigenvalue weighted by atomic mass is 10.2. The molecule has 1 N–H and O–H groups in total. The fourth-order valence-electron chi connectivity index (χ4n) is 1.90. The second-order valence-corrected chi connectivity index (χ2v) is 4.50. The quantitative estimate of drug-likeness (QED) is 0.770. The van der Waals surface area contributed by atoms with E-state index in [2.05, 4.69) is 15.3 Å². The molecule has 1 aromatic heterocycles. The van der Waals surface area contributed by atoms with Crippen LogP contribution in [-0.2, 0) is 6.61 Å². The molecule has 0 saturated carbocycles. The summed E-state index contributed by atoms with van der Waals surface area (Å²) in [6.07, 6.45) is 3.40. The van der Waals surface area contributed by atoms with Crippen molar-refractivity contribution in [1.82, 2.24) is 9.97 Å². The van der Waals surface area contributed by atoms with Crippen molar-refractivity contribution in [3.8, 4) is 5.75 Å². The Morgan fingerprint density at radius 3 is 2.48 bits per heavy atom. The van der Waals surface area contributed by atoms with Crippen LogP contribution in [0.15, 0.2) is 73.1 Å². The molecule has 0 aliphatic rings. The average Bonchev–Trinajstić information content (AvgIpc) is 2.55. The van der Waals surface area contributed by atoms with Gasteiger partial charge in [0.2, 0.25) is 5.95 Å². The first-order chi connectivity index (χ1) is 10.4. The van der Waals surface area contributed by atoms with Gasteiger partial charge in [0, 0.05) is 24.1 Å². The van der Waals surface area contributed by atoms with Crippen LogP contribution in [0, 0.1) is 0 Å². The number of nitrogens with one attached hydrogen (secondary N) is 1. The van der Waals surface area contributed by atoms with Crippen LogP contribution < -0.4 is 10.1 Å². The van der Waals surface area contributed by atoms with E-state index in [0.29, 0.717) is 12.6 Å². The van der Waals surface area contributed by atoms with E-state index >= 15 is 0 Å². The minimum atomic E-state index is 0.548. The molecule has 3 rings (SSSR count). The minimum absolute atomic E-state index is 0.548. The van der Waals surface area contributed by atoms with Gasteiger partial charge in [-0.3, -0.25) is 0 Å². The van der Waals surface area contributed by atoms with Crippen LogP contribution in [0.25, 0.3) is 0 Å². The normalized spacial score (nSPS) is 10.1. The molecular weight excluding hydrogens is 262 g/mol. The molecule has 4 nitrogen and oxygen atoms in total. The second kappa shape index (κ2) is 6.52. The Hall–Kier alpha value is -2.88. The van der Waals surface area contributed by atoms with E-state index in [0.717, 1.165) is 17.0 Å². The van der Waals surface area contributed by atoms with Gasteiger partial charge in [0.05, 0.1) is 0 Å². The molecule has 21 heavy (non-hydrogen) atoms. The number of benzene rings is 2. The Labute approximate surface area is 123 Å². The van der Waals surface area contributed by atoms with Gasteiger partial charge in [-0.25, -0.2) is 9.97 Å². The summed E-state index contributed by atoms with van der Waals surface area (Å²) >= 11 is 0. The number of hydrogen-bond acceptors (Lipinski definition) is 4. The smallest absolute Gasteiger partial charge is 0.227 e. The molecule has 2 aromatic carbocycles. The molecular formula is C17H15N3O. The molecule has 0 atom stereocenters. The SMILES string of the molecule is c1ccc(COc2cccc(Nc3ncccn3)c2)cc1. The first-order valence-corrected chi connectivity index (χ1v) is 6.71. The Morgan fingerprint density at radius 2 is 1.67 bits per heavy atom. The van der Waals surface area contributed by atoms with Gasteiger partial charge >= 0.3 is 0 Å². The summed E-state index contributed by atoms with van der Waals surface area (Å²) in [6.45, 7) is 0.548. The summed E-state index contributed by atoms with van der Waals surface area (Å²) in [4.78, 5) is 8.27. The van der Waals surface area contributed by atoms with Gasteiger partial charge in [-0.15, -0.1) is 0 Å². The van der Waals surface area contributed by atoms with E-state index < -0.39 is 0 Å². The van der Waals surface area contributed by atoms with Crippen LogP contribution >= 0.6 is 0 Å². The summed E-state index contributed by atoms with van der Waals surface area (Å²) in [6, 6.07) is 19.6. The van der Waals surface area contributed by atoms with Crippen LogP contribution in [0.2, 0.25) is 0 Å². The Morgan fingerprint density at radius 1 is 0.857 bits per heavy atom. The number of aromatic nitrogens is 2. The minimum Gasteiger partial charge on any atom is -0.489 e. The van der Waals surface area contributed by atoms with Gasteiger partial charge in [-0.05, 0) is 23.8 Å². The van der Waals surface area contributed by atoms with Gasteiger partial charge in [0.25, 0.3) is 0 Å². The van der Waals surface area contributed by atoms with Crippen molar-refractivity contribution in [2.75, 3.05) is 5.32 Å². The summed E-state index contributed by atoms with van der Waals surface area (Å²) in [5.41, 5.74) is 2.04. The van der Waals surface area contributed by atoms with Gasteiger partial charge < -0.3 is 10.1 Å². The molecule has 0 saturated heterocycles. The highest BCUT2D eigenvalue weighted by Crippen LogP contribution is 2.20. The number of hydrogen-bond donors (Lipinski definition) is 1. The van der Waals surface area contributed by atoms with E-state index in [9.17, 15) is 0 Å². The Bertz CT molecular complexity index is 687. The zero-order valence-electron chi connectivity index (χ0n) is 11.4. The second-order valence-electron chi connectivity index (χ2n) is 4.50. The predicted octanol–water partition coefficient (Wildman–Crippen LogP) is 3.80. The monoisotopic (exact) mass is 277 g/mol. The van der Waals surface area contributed by atoms with Crippen LogP contribution in [0.4, 0.5) is 11.6 Å². The highest BCUT2D eigenvalue weighted by molar-refractivity contribution is 5.55. The molecule has 0 spiro atoms. The van der Waals surface area contributed by atoms with E-state index in [1.807, 2.05) is 54.6 Å². The van der Waals surface area contributed by atoms with E-state index in [1.54, 1.807) is 18.5 Å². The van der Waals surface area contributed by atoms with E-state index in [4.69, 9.17) is 4.74 Å². The van der Waals surface area contributed by atoms with Crippen molar-refractivity contribution in [3.63, 3.8) is 0 Å². The summed E-state index contributed by atoms with van der Waals surface area (Å²) in [5, 5.41) is 3.14. The summed E-state index contributed by atoms with van der Waals surface area (Å²) in [5.74, 6) is 1.37. The maximum atomic E-state index is 5.79. The van der Waals surface area contributed by atoms with Crippen LogP contribution in [-0.4, -0.2) is 9.97 Å². The van der Waals surface area contributed by atoms with Crippen molar-refractivity contribution in [2.24, 2.45) is 0 Å². The number of nitrogens with zero attached hydrogens (tertiary/aromatic N) is 2. The molecule has 0 aliphatic carbocycles. The first-order valence-electron chi connectivity index (χ1n) is 6.71. The molecule has 3 aromatic rings. The molecule has 1 heterocycles. The average molecular weight is 277 g/mol. The number of anilines is 2. The standard InChI is InChI=1S/C17H15N3O/c1-2-6-14(7-3-1)13-21-16-9-4-8-15(12-16)20-17-18-10-5-11-19-17/h1-12H,13H2,(H,18,19,20). The maximum absolute atomic E-state index is 5.79. The predicted molar refractivity (Wildman–Crippen MR) is 82.5 cm³/mol. The lowest BCUT2D eigenvalue weighted by molar-refractivity contribution is 0.306. The van der Waals surface area contributed by atoms with Gasteiger partial charge in [-0.2, -0.15) is 0 Å². The largest absolute Gasteiger partial charge is 0.489 e. The van der Waals surface area contributed by atoms with Crippen LogP contribution in [0.3, 0.4) is 0 Å². The topological polar surface area (TPSA) is 47.0 Å². The third kappa shape index (κ3) is 3.79. The molecule has 0 unspecified atom stereocenters. The third-order valence-electron chi connectivity index (χ3n) is 2.90. The van der Waals surface area contributed by atoms with Crippen molar-refractivity contribution in [1.29, 1.82) is 0 Å². The number of rotatable bonds is 5. The Kier molecular flexibility index (Phi) is 4.07. The fourth-order valence-corrected chi connectivity index (χ4v) is 1.90.